The SMILES string of the molecule is C[C@@]1(F)C(O)C(CO)O[C@H]1n1cc(C=O)c2c(N)ncnc21. The first-order valence-corrected chi connectivity index (χ1v) is 6.61. The Morgan fingerprint density at radius 1 is 1.59 bits per heavy atom. The van der Waals surface area contributed by atoms with Gasteiger partial charge in [-0.1, -0.05) is 0 Å². The molecule has 22 heavy (non-hydrogen) atoms. The number of halogens is 1. The summed E-state index contributed by atoms with van der Waals surface area (Å²) in [5.41, 5.74) is 3.97. The highest BCUT2D eigenvalue weighted by Crippen LogP contribution is 2.43. The topological polar surface area (TPSA) is 123 Å². The van der Waals surface area contributed by atoms with Crippen LogP contribution in [0.3, 0.4) is 0 Å². The van der Waals surface area contributed by atoms with Crippen molar-refractivity contribution in [3.05, 3.63) is 18.1 Å². The van der Waals surface area contributed by atoms with Crippen LogP contribution in [0.15, 0.2) is 12.5 Å². The first-order chi connectivity index (χ1) is 10.4. The van der Waals surface area contributed by atoms with Crippen molar-refractivity contribution in [2.24, 2.45) is 0 Å². The van der Waals surface area contributed by atoms with E-state index in [1.54, 1.807) is 0 Å². The van der Waals surface area contributed by atoms with Crippen LogP contribution in [0.2, 0.25) is 0 Å². The number of aldehydes is 1. The Hall–Kier alpha value is -2.10. The molecule has 1 aliphatic heterocycles. The predicted octanol–water partition coefficient (Wildman–Crippen LogP) is -0.195. The molecule has 0 aromatic carbocycles. The fraction of sp³-hybridized carbons (Fsp3) is 0.462. The molecule has 1 aliphatic rings. The van der Waals surface area contributed by atoms with E-state index in [1.807, 2.05) is 0 Å². The highest BCUT2D eigenvalue weighted by Gasteiger charge is 2.55. The molecule has 0 radical (unpaired) electrons. The summed E-state index contributed by atoms with van der Waals surface area (Å²) in [6, 6.07) is 0. The lowest BCUT2D eigenvalue weighted by Gasteiger charge is -2.25. The third-order valence-corrected chi connectivity index (χ3v) is 3.94. The zero-order chi connectivity index (χ0) is 16.1. The van der Waals surface area contributed by atoms with Crippen LogP contribution >= 0.6 is 0 Å². The van der Waals surface area contributed by atoms with Crippen molar-refractivity contribution in [3.63, 3.8) is 0 Å². The van der Waals surface area contributed by atoms with E-state index in [9.17, 15) is 19.4 Å². The number of aliphatic hydroxyl groups is 2. The summed E-state index contributed by atoms with van der Waals surface area (Å²) in [5.74, 6) is 0.0867. The van der Waals surface area contributed by atoms with E-state index < -0.39 is 30.7 Å². The molecule has 0 saturated carbocycles. The van der Waals surface area contributed by atoms with E-state index in [4.69, 9.17) is 10.5 Å². The Kier molecular flexibility index (Phi) is 3.35. The van der Waals surface area contributed by atoms with Gasteiger partial charge in [0.25, 0.3) is 0 Å². The number of nitrogens with two attached hydrogens (primary N) is 1. The summed E-state index contributed by atoms with van der Waals surface area (Å²) in [4.78, 5) is 19.0. The number of anilines is 1. The van der Waals surface area contributed by atoms with Crippen molar-refractivity contribution in [1.29, 1.82) is 0 Å². The molecule has 2 unspecified atom stereocenters. The van der Waals surface area contributed by atoms with E-state index in [0.717, 1.165) is 6.92 Å². The van der Waals surface area contributed by atoms with Crippen molar-refractivity contribution in [3.8, 4) is 0 Å². The van der Waals surface area contributed by atoms with Gasteiger partial charge in [0.05, 0.1) is 12.0 Å². The molecular formula is C13H15FN4O4. The number of aromatic nitrogens is 3. The number of fused-ring (bicyclic) bond motifs is 1. The molecular weight excluding hydrogens is 295 g/mol. The molecule has 9 heteroatoms. The maximum absolute atomic E-state index is 14.9. The molecule has 3 rings (SSSR count). The summed E-state index contributed by atoms with van der Waals surface area (Å²) in [7, 11) is 0. The molecule has 4 atom stereocenters. The maximum atomic E-state index is 14.9. The van der Waals surface area contributed by atoms with Crippen molar-refractivity contribution >= 4 is 23.1 Å². The van der Waals surface area contributed by atoms with Crippen LogP contribution in [0.1, 0.15) is 23.5 Å². The summed E-state index contributed by atoms with van der Waals surface area (Å²) in [5, 5.41) is 19.4. The van der Waals surface area contributed by atoms with Crippen molar-refractivity contribution in [2.45, 2.75) is 31.0 Å². The third-order valence-electron chi connectivity index (χ3n) is 3.94. The molecule has 0 aliphatic carbocycles. The number of hydrogen-bond donors (Lipinski definition) is 3. The van der Waals surface area contributed by atoms with Crippen molar-refractivity contribution in [1.82, 2.24) is 14.5 Å². The van der Waals surface area contributed by atoms with E-state index in [1.165, 1.54) is 17.1 Å². The number of ether oxygens (including phenoxy) is 1. The number of aliphatic hydroxyl groups excluding tert-OH is 2. The number of alkyl halides is 1. The van der Waals surface area contributed by atoms with Gasteiger partial charge in [-0.3, -0.25) is 4.79 Å². The van der Waals surface area contributed by atoms with Crippen LogP contribution in [-0.4, -0.2) is 55.5 Å². The molecule has 2 aromatic rings. The number of rotatable bonds is 3. The molecule has 0 bridgehead atoms. The average Bonchev–Trinajstić information content (AvgIpc) is 2.97. The lowest BCUT2D eigenvalue weighted by atomic mass is 9.98. The highest BCUT2D eigenvalue weighted by molar-refractivity contribution is 6.01. The minimum Gasteiger partial charge on any atom is -0.394 e. The van der Waals surface area contributed by atoms with Crippen molar-refractivity contribution < 1.29 is 24.1 Å². The fourth-order valence-electron chi connectivity index (χ4n) is 2.77. The van der Waals surface area contributed by atoms with Crippen LogP contribution in [0, 0.1) is 0 Å². The Morgan fingerprint density at radius 2 is 2.32 bits per heavy atom. The molecule has 1 fully saturated rings. The predicted molar refractivity (Wildman–Crippen MR) is 73.8 cm³/mol. The second-order valence-corrected chi connectivity index (χ2v) is 5.37. The summed E-state index contributed by atoms with van der Waals surface area (Å²) >= 11 is 0. The lowest BCUT2D eigenvalue weighted by molar-refractivity contribution is -0.0564. The van der Waals surface area contributed by atoms with Gasteiger partial charge in [0.15, 0.2) is 18.2 Å². The fourth-order valence-corrected chi connectivity index (χ4v) is 2.77. The largest absolute Gasteiger partial charge is 0.394 e. The second-order valence-electron chi connectivity index (χ2n) is 5.37. The van der Waals surface area contributed by atoms with Gasteiger partial charge in [-0.15, -0.1) is 0 Å². The van der Waals surface area contributed by atoms with Gasteiger partial charge in [0.1, 0.15) is 30.0 Å². The standard InChI is InChI=1S/C13H15FN4O4/c1-13(14)9(21)7(4-20)22-12(13)18-2-6(3-19)8-10(15)16-5-17-11(8)18/h2-3,5,7,9,12,20-21H,4H2,1H3,(H2,15,16,17)/t7?,9?,12-,13-/m1/s1. The van der Waals surface area contributed by atoms with Crippen LogP contribution in [0.25, 0.3) is 11.0 Å². The highest BCUT2D eigenvalue weighted by atomic mass is 19.1. The van der Waals surface area contributed by atoms with Gasteiger partial charge in [0.2, 0.25) is 0 Å². The zero-order valence-corrected chi connectivity index (χ0v) is 11.7. The zero-order valence-electron chi connectivity index (χ0n) is 11.7. The van der Waals surface area contributed by atoms with Crippen molar-refractivity contribution in [2.75, 3.05) is 12.3 Å². The number of nitrogens with zero attached hydrogens (tertiary/aromatic N) is 3. The molecule has 118 valence electrons. The number of carbonyl (C=O) groups is 1. The molecule has 0 amide bonds. The van der Waals surface area contributed by atoms with Crippen LogP contribution in [0.5, 0.6) is 0 Å². The molecule has 0 spiro atoms. The van der Waals surface area contributed by atoms with Gasteiger partial charge in [-0.05, 0) is 6.92 Å². The van der Waals surface area contributed by atoms with Crippen LogP contribution in [-0.2, 0) is 4.74 Å². The minimum atomic E-state index is -2.18. The van der Waals surface area contributed by atoms with Gasteiger partial charge in [-0.25, -0.2) is 14.4 Å². The van der Waals surface area contributed by atoms with Gasteiger partial charge >= 0.3 is 0 Å². The van der Waals surface area contributed by atoms with Gasteiger partial charge in [-0.2, -0.15) is 0 Å². The third kappa shape index (κ3) is 1.90. The monoisotopic (exact) mass is 310 g/mol. The Bertz CT molecular complexity index is 732. The average molecular weight is 310 g/mol. The quantitative estimate of drug-likeness (QED) is 0.671. The minimum absolute atomic E-state index is 0.0867. The molecule has 8 nitrogen and oxygen atoms in total. The lowest BCUT2D eigenvalue weighted by Crippen LogP contribution is -2.40. The van der Waals surface area contributed by atoms with E-state index in [2.05, 4.69) is 9.97 Å². The van der Waals surface area contributed by atoms with Crippen LogP contribution in [0.4, 0.5) is 10.2 Å². The number of carbonyl (C=O) groups excluding carboxylic acids is 1. The Morgan fingerprint density at radius 3 is 2.91 bits per heavy atom. The second kappa shape index (κ2) is 4.97. The van der Waals surface area contributed by atoms with Gasteiger partial charge in [0, 0.05) is 11.8 Å². The van der Waals surface area contributed by atoms with E-state index in [-0.39, 0.29) is 17.0 Å². The normalized spacial score (nSPS) is 31.7. The molecule has 4 N–H and O–H groups in total. The summed E-state index contributed by atoms with van der Waals surface area (Å²) in [6.07, 6.45) is -0.756. The van der Waals surface area contributed by atoms with E-state index in [0.29, 0.717) is 11.7 Å². The molecule has 2 aromatic heterocycles. The smallest absolute Gasteiger partial charge is 0.181 e. The molecule has 1 saturated heterocycles. The summed E-state index contributed by atoms with van der Waals surface area (Å²) < 4.78 is 21.6. The summed E-state index contributed by atoms with van der Waals surface area (Å²) in [6.45, 7) is 0.628. The number of nitrogen functional groups attached to an aromatic ring is 1. The molecule has 3 heterocycles. The first-order valence-electron chi connectivity index (χ1n) is 6.61. The number of hydrogen-bond acceptors (Lipinski definition) is 7. The Balaban J connectivity index is 2.19. The maximum Gasteiger partial charge on any atom is 0.181 e. The van der Waals surface area contributed by atoms with E-state index >= 15 is 0 Å². The van der Waals surface area contributed by atoms with Crippen LogP contribution < -0.4 is 5.73 Å². The first kappa shape index (κ1) is 14.8. The Labute approximate surface area is 124 Å². The van der Waals surface area contributed by atoms with Gasteiger partial charge < -0.3 is 25.3 Å².